The zero-order valence-electron chi connectivity index (χ0n) is 10.5. The maximum absolute atomic E-state index is 5.82. The van der Waals surface area contributed by atoms with Gasteiger partial charge in [0.2, 0.25) is 0 Å². The highest BCUT2D eigenvalue weighted by atomic mass is 14.9. The Morgan fingerprint density at radius 2 is 1.47 bits per heavy atom. The molecule has 0 aliphatic carbocycles. The van der Waals surface area contributed by atoms with E-state index in [1.54, 1.807) is 0 Å². The molecular weight excluding hydrogens is 208 g/mol. The van der Waals surface area contributed by atoms with E-state index in [9.17, 15) is 0 Å². The molecule has 2 aromatic carbocycles. The molecule has 90 valence electrons. The highest BCUT2D eigenvalue weighted by molar-refractivity contribution is 5.65. The quantitative estimate of drug-likeness (QED) is 0.782. The molecule has 0 radical (unpaired) electrons. The SMILES string of the molecule is CC.Nc1ccccc1NCc1ccccc1. The summed E-state index contributed by atoms with van der Waals surface area (Å²) in [5.41, 5.74) is 8.85. The standard InChI is InChI=1S/C13H14N2.C2H6/c14-12-8-4-5-9-13(12)15-10-11-6-2-1-3-7-11;1-2/h1-9,15H,10,14H2;1-2H3. The van der Waals surface area contributed by atoms with Crippen LogP contribution in [0.3, 0.4) is 0 Å². The fourth-order valence-corrected chi connectivity index (χ4v) is 1.45. The highest BCUT2D eigenvalue weighted by Gasteiger charge is 1.96. The summed E-state index contributed by atoms with van der Waals surface area (Å²) in [6, 6.07) is 18.0. The predicted octanol–water partition coefficient (Wildman–Crippen LogP) is 3.91. The smallest absolute Gasteiger partial charge is 0.0576 e. The summed E-state index contributed by atoms with van der Waals surface area (Å²) in [4.78, 5) is 0. The third-order valence-electron chi connectivity index (χ3n) is 2.29. The molecule has 0 saturated carbocycles. The Bertz CT molecular complexity index is 424. The van der Waals surface area contributed by atoms with E-state index < -0.39 is 0 Å². The molecular formula is C15H20N2. The van der Waals surface area contributed by atoms with Crippen LogP contribution in [0.2, 0.25) is 0 Å². The van der Waals surface area contributed by atoms with Gasteiger partial charge >= 0.3 is 0 Å². The van der Waals surface area contributed by atoms with Gasteiger partial charge in [-0.15, -0.1) is 0 Å². The van der Waals surface area contributed by atoms with Crippen molar-refractivity contribution >= 4 is 11.4 Å². The van der Waals surface area contributed by atoms with Gasteiger partial charge < -0.3 is 11.1 Å². The van der Waals surface area contributed by atoms with Gasteiger partial charge in [0.15, 0.2) is 0 Å². The molecule has 0 atom stereocenters. The van der Waals surface area contributed by atoms with E-state index in [0.29, 0.717) is 0 Å². The van der Waals surface area contributed by atoms with E-state index in [-0.39, 0.29) is 0 Å². The van der Waals surface area contributed by atoms with E-state index in [1.165, 1.54) is 5.56 Å². The first-order valence-corrected chi connectivity index (χ1v) is 5.98. The molecule has 3 N–H and O–H groups in total. The molecule has 2 aromatic rings. The van der Waals surface area contributed by atoms with Crippen molar-refractivity contribution in [3.8, 4) is 0 Å². The predicted molar refractivity (Wildman–Crippen MR) is 76.0 cm³/mol. The summed E-state index contributed by atoms with van der Waals surface area (Å²) in [5, 5.41) is 3.30. The molecule has 2 heteroatoms. The molecule has 0 unspecified atom stereocenters. The topological polar surface area (TPSA) is 38.0 Å². The van der Waals surface area contributed by atoms with E-state index in [2.05, 4.69) is 17.4 Å². The summed E-state index contributed by atoms with van der Waals surface area (Å²) in [6.45, 7) is 4.80. The minimum absolute atomic E-state index is 0.786. The first kappa shape index (κ1) is 13.1. The number of benzene rings is 2. The Hall–Kier alpha value is -1.96. The van der Waals surface area contributed by atoms with Crippen LogP contribution in [-0.4, -0.2) is 0 Å². The molecule has 0 aliphatic rings. The minimum atomic E-state index is 0.786. The fourth-order valence-electron chi connectivity index (χ4n) is 1.45. The number of hydrogen-bond donors (Lipinski definition) is 2. The van der Waals surface area contributed by atoms with Crippen LogP contribution in [0.5, 0.6) is 0 Å². The van der Waals surface area contributed by atoms with Crippen molar-refractivity contribution in [2.24, 2.45) is 0 Å². The van der Waals surface area contributed by atoms with E-state index in [1.807, 2.05) is 56.3 Å². The molecule has 0 saturated heterocycles. The summed E-state index contributed by atoms with van der Waals surface area (Å²) in [7, 11) is 0. The van der Waals surface area contributed by atoms with Gasteiger partial charge in [-0.3, -0.25) is 0 Å². The molecule has 0 fully saturated rings. The van der Waals surface area contributed by atoms with Crippen LogP contribution < -0.4 is 11.1 Å². The average molecular weight is 228 g/mol. The summed E-state index contributed by atoms with van der Waals surface area (Å²) >= 11 is 0. The molecule has 0 bridgehead atoms. The first-order valence-electron chi connectivity index (χ1n) is 5.98. The second-order valence-electron chi connectivity index (χ2n) is 3.43. The van der Waals surface area contributed by atoms with E-state index in [0.717, 1.165) is 17.9 Å². The second kappa shape index (κ2) is 7.34. The molecule has 0 aromatic heterocycles. The average Bonchev–Trinajstić information content (AvgIpc) is 2.41. The van der Waals surface area contributed by atoms with Crippen molar-refractivity contribution in [3.63, 3.8) is 0 Å². The van der Waals surface area contributed by atoms with Gasteiger partial charge in [-0.05, 0) is 17.7 Å². The largest absolute Gasteiger partial charge is 0.397 e. The highest BCUT2D eigenvalue weighted by Crippen LogP contribution is 2.17. The van der Waals surface area contributed by atoms with E-state index in [4.69, 9.17) is 5.73 Å². The van der Waals surface area contributed by atoms with Crippen LogP contribution in [0.4, 0.5) is 11.4 Å². The zero-order valence-corrected chi connectivity index (χ0v) is 10.5. The maximum atomic E-state index is 5.82. The molecule has 17 heavy (non-hydrogen) atoms. The zero-order chi connectivity index (χ0) is 12.5. The van der Waals surface area contributed by atoms with Crippen LogP contribution >= 0.6 is 0 Å². The number of anilines is 2. The lowest BCUT2D eigenvalue weighted by Crippen LogP contribution is -2.01. The lowest BCUT2D eigenvalue weighted by atomic mass is 10.2. The van der Waals surface area contributed by atoms with Crippen LogP contribution in [-0.2, 0) is 6.54 Å². The minimum Gasteiger partial charge on any atom is -0.397 e. The van der Waals surface area contributed by atoms with Gasteiger partial charge in [-0.1, -0.05) is 56.3 Å². The maximum Gasteiger partial charge on any atom is 0.0576 e. The van der Waals surface area contributed by atoms with E-state index >= 15 is 0 Å². The summed E-state index contributed by atoms with van der Waals surface area (Å²) in [5.74, 6) is 0. The molecule has 2 nitrogen and oxygen atoms in total. The molecule has 2 rings (SSSR count). The van der Waals surface area contributed by atoms with Gasteiger partial charge in [-0.2, -0.15) is 0 Å². The lowest BCUT2D eigenvalue weighted by Gasteiger charge is -2.08. The Morgan fingerprint density at radius 1 is 0.882 bits per heavy atom. The molecule has 0 heterocycles. The Morgan fingerprint density at radius 3 is 2.12 bits per heavy atom. The Balaban J connectivity index is 0.000000686. The molecule has 0 aliphatic heterocycles. The normalized spacial score (nSPS) is 9.06. The van der Waals surface area contributed by atoms with Gasteiger partial charge in [0.1, 0.15) is 0 Å². The third kappa shape index (κ3) is 4.19. The van der Waals surface area contributed by atoms with Crippen LogP contribution in [0.15, 0.2) is 54.6 Å². The van der Waals surface area contributed by atoms with Gasteiger partial charge in [0.25, 0.3) is 0 Å². The van der Waals surface area contributed by atoms with Crippen LogP contribution in [0.25, 0.3) is 0 Å². The molecule has 0 spiro atoms. The number of nitrogens with two attached hydrogens (primary N) is 1. The monoisotopic (exact) mass is 228 g/mol. The van der Waals surface area contributed by atoms with Gasteiger partial charge in [-0.25, -0.2) is 0 Å². The number of rotatable bonds is 3. The number of nitrogens with one attached hydrogen (secondary N) is 1. The second-order valence-corrected chi connectivity index (χ2v) is 3.43. The van der Waals surface area contributed by atoms with Crippen LogP contribution in [0.1, 0.15) is 19.4 Å². The van der Waals surface area contributed by atoms with Crippen molar-refractivity contribution in [3.05, 3.63) is 60.2 Å². The van der Waals surface area contributed by atoms with Gasteiger partial charge in [0.05, 0.1) is 11.4 Å². The Labute approximate surface area is 103 Å². The van der Waals surface area contributed by atoms with Gasteiger partial charge in [0, 0.05) is 6.54 Å². The Kier molecular flexibility index (Phi) is 5.66. The van der Waals surface area contributed by atoms with Crippen molar-refractivity contribution in [2.75, 3.05) is 11.1 Å². The van der Waals surface area contributed by atoms with Crippen molar-refractivity contribution in [2.45, 2.75) is 20.4 Å². The fraction of sp³-hybridized carbons (Fsp3) is 0.200. The third-order valence-corrected chi connectivity index (χ3v) is 2.29. The van der Waals surface area contributed by atoms with Crippen LogP contribution in [0, 0.1) is 0 Å². The van der Waals surface area contributed by atoms with Crippen molar-refractivity contribution in [1.82, 2.24) is 0 Å². The number of nitrogen functional groups attached to an aromatic ring is 1. The summed E-state index contributed by atoms with van der Waals surface area (Å²) < 4.78 is 0. The summed E-state index contributed by atoms with van der Waals surface area (Å²) in [6.07, 6.45) is 0. The lowest BCUT2D eigenvalue weighted by molar-refractivity contribution is 1.15. The number of para-hydroxylation sites is 2. The van der Waals surface area contributed by atoms with Crippen molar-refractivity contribution in [1.29, 1.82) is 0 Å². The first-order chi connectivity index (χ1) is 8.36. The van der Waals surface area contributed by atoms with Crippen molar-refractivity contribution < 1.29 is 0 Å². The number of hydrogen-bond acceptors (Lipinski definition) is 2. The molecule has 0 amide bonds.